The van der Waals surface area contributed by atoms with E-state index in [1.807, 2.05) is 6.07 Å². The van der Waals surface area contributed by atoms with Crippen LogP contribution in [0.1, 0.15) is 62.3 Å². The molecule has 0 bridgehead atoms. The van der Waals surface area contributed by atoms with Crippen LogP contribution in [0.2, 0.25) is 10.0 Å². The number of halogens is 2. The maximum atomic E-state index is 13.9. The molecule has 3 atom stereocenters. The highest BCUT2D eigenvalue weighted by Gasteiger charge is 2.51. The zero-order valence-corrected chi connectivity index (χ0v) is 27.3. The fourth-order valence-electron chi connectivity index (χ4n) is 5.45. The van der Waals surface area contributed by atoms with Gasteiger partial charge in [-0.15, -0.1) is 0 Å². The second-order valence-corrected chi connectivity index (χ2v) is 14.3. The minimum atomic E-state index is -1.29. The van der Waals surface area contributed by atoms with Crippen molar-refractivity contribution in [2.75, 3.05) is 30.4 Å². The number of carbonyl (C=O) groups excluding carboxylic acids is 2. The highest BCUT2D eigenvalue weighted by molar-refractivity contribution is 7.84. The lowest BCUT2D eigenvalue weighted by Gasteiger charge is -2.37. The molecule has 1 unspecified atom stereocenters. The van der Waals surface area contributed by atoms with Crippen LogP contribution in [0.15, 0.2) is 36.7 Å². The summed E-state index contributed by atoms with van der Waals surface area (Å²) in [4.78, 5) is 45.6. The molecule has 1 aliphatic heterocycles. The second-order valence-electron chi connectivity index (χ2n) is 11.9. The first kappa shape index (κ1) is 32.1. The fourth-order valence-corrected chi connectivity index (χ4v) is 6.43. The van der Waals surface area contributed by atoms with Gasteiger partial charge in [-0.25, -0.2) is 19.7 Å². The molecular weight excluding hydrogens is 625 g/mol. The summed E-state index contributed by atoms with van der Waals surface area (Å²) < 4.78 is 17.7. The summed E-state index contributed by atoms with van der Waals surface area (Å²) in [6.45, 7) is 5.59. The van der Waals surface area contributed by atoms with Crippen molar-refractivity contribution < 1.29 is 18.5 Å². The number of fused-ring (bicyclic) bond motifs is 2. The van der Waals surface area contributed by atoms with Gasteiger partial charge < -0.3 is 25.7 Å². The lowest BCUT2D eigenvalue weighted by molar-refractivity contribution is -0.166. The van der Waals surface area contributed by atoms with E-state index >= 15 is 0 Å². The molecule has 5 rings (SSSR count). The first-order valence-corrected chi connectivity index (χ1v) is 16.7. The number of nitrogens with one attached hydrogen (secondary N) is 2. The van der Waals surface area contributed by atoms with Crippen molar-refractivity contribution in [1.82, 2.24) is 24.8 Å². The Kier molecular flexibility index (Phi) is 9.18. The number of imidazole rings is 1. The maximum Gasteiger partial charge on any atom is 0.333 e. The smallest absolute Gasteiger partial charge is 0.333 e. The molecule has 0 saturated carbocycles. The highest BCUT2D eigenvalue weighted by atomic mass is 35.5. The number of aromatic amines is 1. The average Bonchev–Trinajstić information content (AvgIpc) is 3.58. The quantitative estimate of drug-likeness (QED) is 0.210. The van der Waals surface area contributed by atoms with Crippen LogP contribution >= 0.6 is 23.2 Å². The average molecular weight is 661 g/mol. The molecule has 4 aromatic rings. The van der Waals surface area contributed by atoms with Crippen molar-refractivity contribution >= 4 is 73.6 Å². The van der Waals surface area contributed by atoms with Gasteiger partial charge in [0.25, 0.3) is 5.91 Å². The summed E-state index contributed by atoms with van der Waals surface area (Å²) >= 11 is 12.9. The van der Waals surface area contributed by atoms with Crippen molar-refractivity contribution in [3.8, 4) is 0 Å². The number of H-pyrrole nitrogens is 1. The Bertz CT molecular complexity index is 1760. The number of anilines is 1. The molecule has 1 amide bonds. The SMILES string of the molecule is CS(=O)CC[C@H](Nc1ncnc2cc(C(=O)N3CCC[C@@]3(CN)C(=O)OC(C)(C)C)c(Cl)cc12)c1nc2ccc(Cl)cc2[nH]1. The van der Waals surface area contributed by atoms with Crippen molar-refractivity contribution in [2.24, 2.45) is 5.73 Å². The zero-order valence-electron chi connectivity index (χ0n) is 24.9. The number of aromatic nitrogens is 4. The van der Waals surface area contributed by atoms with E-state index in [0.717, 1.165) is 11.0 Å². The van der Waals surface area contributed by atoms with E-state index in [2.05, 4.69) is 20.3 Å². The van der Waals surface area contributed by atoms with E-state index in [9.17, 15) is 13.8 Å². The van der Waals surface area contributed by atoms with E-state index in [-0.39, 0.29) is 23.2 Å². The summed E-state index contributed by atoms with van der Waals surface area (Å²) in [6, 6.07) is 8.24. The van der Waals surface area contributed by atoms with Crippen molar-refractivity contribution in [1.29, 1.82) is 0 Å². The van der Waals surface area contributed by atoms with E-state index in [4.69, 9.17) is 38.7 Å². The Balaban J connectivity index is 1.48. The Labute approximate surface area is 267 Å². The van der Waals surface area contributed by atoms with Gasteiger partial charge in [-0.05, 0) is 70.4 Å². The summed E-state index contributed by atoms with van der Waals surface area (Å²) in [5.41, 5.74) is 6.28. The van der Waals surface area contributed by atoms with Gasteiger partial charge in [-0.2, -0.15) is 0 Å². The lowest BCUT2D eigenvalue weighted by Crippen LogP contribution is -2.59. The van der Waals surface area contributed by atoms with Gasteiger partial charge in [0, 0.05) is 46.3 Å². The summed E-state index contributed by atoms with van der Waals surface area (Å²) in [5.74, 6) is 0.562. The third-order valence-electron chi connectivity index (χ3n) is 7.60. The van der Waals surface area contributed by atoms with Crippen LogP contribution in [0, 0.1) is 0 Å². The summed E-state index contributed by atoms with van der Waals surface area (Å²) in [7, 11) is -1.04. The molecule has 2 aromatic heterocycles. The molecule has 4 N–H and O–H groups in total. The van der Waals surface area contributed by atoms with Crippen molar-refractivity contribution in [3.63, 3.8) is 0 Å². The maximum absolute atomic E-state index is 13.9. The van der Waals surface area contributed by atoms with Crippen LogP contribution in [-0.2, 0) is 20.3 Å². The van der Waals surface area contributed by atoms with Gasteiger partial charge in [-0.1, -0.05) is 23.2 Å². The number of esters is 1. The van der Waals surface area contributed by atoms with Crippen LogP contribution in [0.4, 0.5) is 5.82 Å². The lowest BCUT2D eigenvalue weighted by atomic mass is 9.95. The molecule has 1 saturated heterocycles. The number of nitrogens with two attached hydrogens (primary N) is 1. The predicted molar refractivity (Wildman–Crippen MR) is 173 cm³/mol. The van der Waals surface area contributed by atoms with Gasteiger partial charge in [0.15, 0.2) is 5.54 Å². The van der Waals surface area contributed by atoms with Gasteiger partial charge in [0.05, 0.1) is 33.2 Å². The van der Waals surface area contributed by atoms with Crippen LogP contribution in [0.5, 0.6) is 0 Å². The molecule has 14 heteroatoms. The van der Waals surface area contributed by atoms with Crippen LogP contribution in [-0.4, -0.2) is 77.2 Å². The molecule has 234 valence electrons. The molecule has 0 aliphatic carbocycles. The fraction of sp³-hybridized carbons (Fsp3) is 0.433. The second kappa shape index (κ2) is 12.6. The van der Waals surface area contributed by atoms with E-state index in [1.54, 1.807) is 51.3 Å². The molecule has 0 spiro atoms. The van der Waals surface area contributed by atoms with Gasteiger partial charge in [0.2, 0.25) is 0 Å². The molecular formula is C30H35Cl2N7O4S. The van der Waals surface area contributed by atoms with Crippen LogP contribution in [0.25, 0.3) is 21.9 Å². The summed E-state index contributed by atoms with van der Waals surface area (Å²) in [6.07, 6.45) is 4.52. The number of amides is 1. The minimum Gasteiger partial charge on any atom is -0.458 e. The molecule has 2 aromatic carbocycles. The van der Waals surface area contributed by atoms with E-state index in [1.165, 1.54) is 11.2 Å². The van der Waals surface area contributed by atoms with Crippen LogP contribution < -0.4 is 11.1 Å². The number of benzene rings is 2. The largest absolute Gasteiger partial charge is 0.458 e. The number of likely N-dealkylation sites (tertiary alicyclic amines) is 1. The molecule has 44 heavy (non-hydrogen) atoms. The van der Waals surface area contributed by atoms with Gasteiger partial charge >= 0.3 is 5.97 Å². The number of ether oxygens (including phenoxy) is 1. The first-order valence-electron chi connectivity index (χ1n) is 14.2. The molecule has 1 fully saturated rings. The first-order chi connectivity index (χ1) is 20.8. The predicted octanol–water partition coefficient (Wildman–Crippen LogP) is 5.01. The third kappa shape index (κ3) is 6.53. The third-order valence-corrected chi connectivity index (χ3v) is 8.96. The molecule has 11 nitrogen and oxygen atoms in total. The zero-order chi connectivity index (χ0) is 31.8. The normalized spacial score (nSPS) is 18.5. The molecule has 3 heterocycles. The highest BCUT2D eigenvalue weighted by Crippen LogP contribution is 2.36. The Morgan fingerprint density at radius 3 is 2.68 bits per heavy atom. The number of hydrogen-bond acceptors (Lipinski definition) is 9. The Hall–Kier alpha value is -3.32. The van der Waals surface area contributed by atoms with E-state index < -0.39 is 33.8 Å². The Morgan fingerprint density at radius 1 is 1.20 bits per heavy atom. The minimum absolute atomic E-state index is 0.0764. The molecule has 1 aliphatic rings. The standard InChI is InChI=1S/C30H35Cl2N7O4S/c1-29(2,3)43-28(41)30(15-33)9-5-10-39(30)27(40)18-14-23-19(13-20(18)32)25(35-16-34-23)37-22(8-11-44(4)42)26-36-21-7-6-17(31)12-24(21)38-26/h6-7,12-14,16,22H,5,8-11,15,33H2,1-4H3,(H,36,38)(H,34,35,37)/t22-,30+,44?/m0/s1. The summed E-state index contributed by atoms with van der Waals surface area (Å²) in [5, 5.41) is 4.75. The topological polar surface area (TPSA) is 156 Å². The number of rotatable bonds is 9. The number of nitrogens with zero attached hydrogens (tertiary/aromatic N) is 4. The van der Waals surface area contributed by atoms with Crippen LogP contribution in [0.3, 0.4) is 0 Å². The Morgan fingerprint density at radius 2 is 1.98 bits per heavy atom. The number of carbonyl (C=O) groups is 2. The number of hydrogen-bond donors (Lipinski definition) is 3. The van der Waals surface area contributed by atoms with Crippen molar-refractivity contribution in [2.45, 2.75) is 57.2 Å². The van der Waals surface area contributed by atoms with E-state index in [0.29, 0.717) is 59.1 Å². The van der Waals surface area contributed by atoms with Gasteiger partial charge in [0.1, 0.15) is 23.6 Å². The monoisotopic (exact) mass is 659 g/mol. The van der Waals surface area contributed by atoms with Gasteiger partial charge in [-0.3, -0.25) is 9.00 Å². The molecule has 0 radical (unpaired) electrons. The van der Waals surface area contributed by atoms with Crippen molar-refractivity contribution in [3.05, 3.63) is 58.1 Å².